The molecular weight excluding hydrogens is 162 g/mol. The van der Waals surface area contributed by atoms with Crippen molar-refractivity contribution in [2.75, 3.05) is 19.8 Å². The van der Waals surface area contributed by atoms with Crippen LogP contribution in [0.1, 0.15) is 40.0 Å². The minimum absolute atomic E-state index is 0.443. The molecule has 0 amide bonds. The molecule has 1 aliphatic heterocycles. The quantitative estimate of drug-likeness (QED) is 0.709. The predicted molar refractivity (Wildman–Crippen MR) is 55.9 cm³/mol. The van der Waals surface area contributed by atoms with E-state index in [1.807, 2.05) is 0 Å². The van der Waals surface area contributed by atoms with Crippen molar-refractivity contribution in [3.05, 3.63) is 0 Å². The van der Waals surface area contributed by atoms with Gasteiger partial charge in [0.15, 0.2) is 0 Å². The summed E-state index contributed by atoms with van der Waals surface area (Å²) in [6.07, 6.45) is 3.80. The smallest absolute Gasteiger partial charge is 0.0535 e. The molecule has 0 aromatic rings. The van der Waals surface area contributed by atoms with Crippen molar-refractivity contribution in [2.45, 2.75) is 46.1 Å². The Labute approximate surface area is 82.0 Å². The Morgan fingerprint density at radius 1 is 1.46 bits per heavy atom. The summed E-state index contributed by atoms with van der Waals surface area (Å²) in [5.41, 5.74) is 0.443. The second kappa shape index (κ2) is 4.97. The third-order valence-corrected chi connectivity index (χ3v) is 2.85. The third-order valence-electron chi connectivity index (χ3n) is 2.85. The minimum atomic E-state index is 0.443. The maximum absolute atomic E-state index is 5.51. The van der Waals surface area contributed by atoms with E-state index in [9.17, 15) is 0 Å². The van der Waals surface area contributed by atoms with Crippen LogP contribution < -0.4 is 5.32 Å². The van der Waals surface area contributed by atoms with E-state index in [2.05, 4.69) is 26.1 Å². The highest BCUT2D eigenvalue weighted by Crippen LogP contribution is 2.32. The van der Waals surface area contributed by atoms with Crippen LogP contribution in [0, 0.1) is 5.41 Å². The molecule has 1 rings (SSSR count). The Morgan fingerprint density at radius 2 is 2.23 bits per heavy atom. The molecule has 2 heteroatoms. The number of ether oxygens (including phenoxy) is 1. The number of rotatable bonds is 5. The molecule has 0 spiro atoms. The van der Waals surface area contributed by atoms with Crippen LogP contribution in [0.4, 0.5) is 0 Å². The summed E-state index contributed by atoms with van der Waals surface area (Å²) in [6.45, 7) is 9.71. The van der Waals surface area contributed by atoms with Crippen molar-refractivity contribution < 1.29 is 4.74 Å². The van der Waals surface area contributed by atoms with Gasteiger partial charge in [0.2, 0.25) is 0 Å². The minimum Gasteiger partial charge on any atom is -0.381 e. The monoisotopic (exact) mass is 185 g/mol. The molecule has 0 aromatic carbocycles. The SMILES string of the molecule is CCCC1(CNC(C)C)CCOC1. The Kier molecular flexibility index (Phi) is 4.20. The highest BCUT2D eigenvalue weighted by molar-refractivity contribution is 4.85. The fourth-order valence-electron chi connectivity index (χ4n) is 2.03. The van der Waals surface area contributed by atoms with E-state index in [0.29, 0.717) is 11.5 Å². The first-order valence-corrected chi connectivity index (χ1v) is 5.50. The molecule has 1 aliphatic rings. The average molecular weight is 185 g/mol. The van der Waals surface area contributed by atoms with Crippen molar-refractivity contribution in [1.82, 2.24) is 5.32 Å². The van der Waals surface area contributed by atoms with Gasteiger partial charge in [-0.3, -0.25) is 0 Å². The molecule has 1 fully saturated rings. The average Bonchev–Trinajstić information content (AvgIpc) is 2.51. The van der Waals surface area contributed by atoms with Crippen LogP contribution in [-0.4, -0.2) is 25.8 Å². The van der Waals surface area contributed by atoms with Gasteiger partial charge in [0.05, 0.1) is 6.61 Å². The van der Waals surface area contributed by atoms with Crippen LogP contribution >= 0.6 is 0 Å². The zero-order valence-electron chi connectivity index (χ0n) is 9.23. The van der Waals surface area contributed by atoms with Crippen LogP contribution in [0.25, 0.3) is 0 Å². The van der Waals surface area contributed by atoms with Crippen LogP contribution in [0.15, 0.2) is 0 Å². The van der Waals surface area contributed by atoms with Crippen LogP contribution in [-0.2, 0) is 4.74 Å². The molecule has 2 nitrogen and oxygen atoms in total. The van der Waals surface area contributed by atoms with E-state index >= 15 is 0 Å². The van der Waals surface area contributed by atoms with Gasteiger partial charge in [-0.15, -0.1) is 0 Å². The van der Waals surface area contributed by atoms with Crippen molar-refractivity contribution in [3.8, 4) is 0 Å². The molecule has 0 radical (unpaired) electrons. The lowest BCUT2D eigenvalue weighted by atomic mass is 9.82. The molecule has 0 bridgehead atoms. The van der Waals surface area contributed by atoms with Gasteiger partial charge in [0.25, 0.3) is 0 Å². The van der Waals surface area contributed by atoms with Crippen LogP contribution in [0.2, 0.25) is 0 Å². The maximum atomic E-state index is 5.51. The number of nitrogens with one attached hydrogen (secondary N) is 1. The third kappa shape index (κ3) is 3.28. The van der Waals surface area contributed by atoms with Crippen molar-refractivity contribution in [2.24, 2.45) is 5.41 Å². The van der Waals surface area contributed by atoms with Gasteiger partial charge in [-0.1, -0.05) is 27.2 Å². The first-order chi connectivity index (χ1) is 6.18. The summed E-state index contributed by atoms with van der Waals surface area (Å²) in [7, 11) is 0. The summed E-state index contributed by atoms with van der Waals surface area (Å²) >= 11 is 0. The van der Waals surface area contributed by atoms with Crippen molar-refractivity contribution in [1.29, 1.82) is 0 Å². The summed E-state index contributed by atoms with van der Waals surface area (Å²) in [4.78, 5) is 0. The largest absolute Gasteiger partial charge is 0.381 e. The Hall–Kier alpha value is -0.0800. The lowest BCUT2D eigenvalue weighted by molar-refractivity contribution is 0.142. The molecule has 1 N–H and O–H groups in total. The number of hydrogen-bond acceptors (Lipinski definition) is 2. The lowest BCUT2D eigenvalue weighted by Gasteiger charge is -2.28. The van der Waals surface area contributed by atoms with Gasteiger partial charge in [-0.25, -0.2) is 0 Å². The first-order valence-electron chi connectivity index (χ1n) is 5.50. The molecule has 1 unspecified atom stereocenters. The Bertz CT molecular complexity index is 139. The fraction of sp³-hybridized carbons (Fsp3) is 1.00. The topological polar surface area (TPSA) is 21.3 Å². The van der Waals surface area contributed by atoms with Crippen LogP contribution in [0.5, 0.6) is 0 Å². The second-order valence-electron chi connectivity index (χ2n) is 4.59. The normalized spacial score (nSPS) is 28.6. The molecule has 1 saturated heterocycles. The summed E-state index contributed by atoms with van der Waals surface area (Å²) in [5, 5.41) is 3.53. The summed E-state index contributed by atoms with van der Waals surface area (Å²) in [6, 6.07) is 0.592. The van der Waals surface area contributed by atoms with E-state index < -0.39 is 0 Å². The lowest BCUT2D eigenvalue weighted by Crippen LogP contribution is -2.38. The van der Waals surface area contributed by atoms with Gasteiger partial charge < -0.3 is 10.1 Å². The van der Waals surface area contributed by atoms with Gasteiger partial charge in [0.1, 0.15) is 0 Å². The summed E-state index contributed by atoms with van der Waals surface area (Å²) < 4.78 is 5.51. The van der Waals surface area contributed by atoms with E-state index in [0.717, 1.165) is 19.8 Å². The maximum Gasteiger partial charge on any atom is 0.0535 e. The molecule has 78 valence electrons. The molecule has 1 heterocycles. The standard InChI is InChI=1S/C11H23NO/c1-4-5-11(6-7-13-9-11)8-12-10(2)3/h10,12H,4-9H2,1-3H3. The highest BCUT2D eigenvalue weighted by Gasteiger charge is 2.33. The van der Waals surface area contributed by atoms with Gasteiger partial charge in [0, 0.05) is 24.6 Å². The molecular formula is C11H23NO. The highest BCUT2D eigenvalue weighted by atomic mass is 16.5. The molecule has 0 saturated carbocycles. The summed E-state index contributed by atoms with van der Waals surface area (Å²) in [5.74, 6) is 0. The first kappa shape index (κ1) is 11.0. The second-order valence-corrected chi connectivity index (χ2v) is 4.59. The van der Waals surface area contributed by atoms with Gasteiger partial charge in [-0.05, 0) is 12.8 Å². The Balaban J connectivity index is 2.37. The van der Waals surface area contributed by atoms with Crippen LogP contribution in [0.3, 0.4) is 0 Å². The molecule has 0 aliphatic carbocycles. The van der Waals surface area contributed by atoms with E-state index in [4.69, 9.17) is 4.74 Å². The zero-order valence-corrected chi connectivity index (χ0v) is 9.23. The van der Waals surface area contributed by atoms with Crippen molar-refractivity contribution >= 4 is 0 Å². The van der Waals surface area contributed by atoms with E-state index in [1.54, 1.807) is 0 Å². The zero-order chi connectivity index (χ0) is 9.73. The molecule has 0 aromatic heterocycles. The van der Waals surface area contributed by atoms with E-state index in [-0.39, 0.29) is 0 Å². The predicted octanol–water partition coefficient (Wildman–Crippen LogP) is 2.19. The number of hydrogen-bond donors (Lipinski definition) is 1. The van der Waals surface area contributed by atoms with Gasteiger partial charge >= 0.3 is 0 Å². The fourth-order valence-corrected chi connectivity index (χ4v) is 2.03. The van der Waals surface area contributed by atoms with Gasteiger partial charge in [-0.2, -0.15) is 0 Å². The van der Waals surface area contributed by atoms with Crippen molar-refractivity contribution in [3.63, 3.8) is 0 Å². The Morgan fingerprint density at radius 3 is 2.69 bits per heavy atom. The molecule has 1 atom stereocenters. The molecule has 13 heavy (non-hydrogen) atoms. The van der Waals surface area contributed by atoms with E-state index in [1.165, 1.54) is 19.3 Å².